The molecule has 1 aliphatic heterocycles. The minimum absolute atomic E-state index is 0.291. The molecule has 1 fully saturated rings. The van der Waals surface area contributed by atoms with Gasteiger partial charge < -0.3 is 9.64 Å². The molecule has 14 heavy (non-hydrogen) atoms. The van der Waals surface area contributed by atoms with Crippen molar-refractivity contribution >= 4 is 5.91 Å². The van der Waals surface area contributed by atoms with E-state index in [1.807, 2.05) is 4.90 Å². The molecule has 1 atom stereocenters. The summed E-state index contributed by atoms with van der Waals surface area (Å²) in [6, 6.07) is 0.325. The van der Waals surface area contributed by atoms with Crippen LogP contribution < -0.4 is 0 Å². The topological polar surface area (TPSA) is 29.5 Å². The van der Waals surface area contributed by atoms with Crippen molar-refractivity contribution in [2.24, 2.45) is 5.92 Å². The zero-order chi connectivity index (χ0) is 10.6. The second-order valence-corrected chi connectivity index (χ2v) is 4.44. The molecule has 1 amide bonds. The molecule has 0 radical (unpaired) electrons. The Morgan fingerprint density at radius 2 is 2.29 bits per heavy atom. The van der Waals surface area contributed by atoms with Crippen molar-refractivity contribution in [3.63, 3.8) is 0 Å². The Balaban J connectivity index is 2.44. The molecule has 1 aliphatic rings. The van der Waals surface area contributed by atoms with Crippen LogP contribution in [-0.2, 0) is 9.53 Å². The van der Waals surface area contributed by atoms with Crippen LogP contribution in [0.5, 0.6) is 0 Å². The lowest BCUT2D eigenvalue weighted by Crippen LogP contribution is -2.38. The molecule has 3 heteroatoms. The quantitative estimate of drug-likeness (QED) is 0.689. The molecule has 1 saturated heterocycles. The highest BCUT2D eigenvalue weighted by Crippen LogP contribution is 2.19. The van der Waals surface area contributed by atoms with Gasteiger partial charge in [0.1, 0.15) is 0 Å². The van der Waals surface area contributed by atoms with Crippen molar-refractivity contribution in [2.75, 3.05) is 20.3 Å². The number of hydrogen-bond donors (Lipinski definition) is 0. The van der Waals surface area contributed by atoms with Crippen LogP contribution in [0.25, 0.3) is 0 Å². The van der Waals surface area contributed by atoms with Crippen LogP contribution in [0.4, 0.5) is 0 Å². The first kappa shape index (κ1) is 11.5. The third-order valence-corrected chi connectivity index (χ3v) is 2.64. The molecule has 3 nitrogen and oxygen atoms in total. The third kappa shape index (κ3) is 2.98. The zero-order valence-corrected chi connectivity index (χ0v) is 9.45. The summed E-state index contributed by atoms with van der Waals surface area (Å²) in [4.78, 5) is 13.8. The molecule has 82 valence electrons. The summed E-state index contributed by atoms with van der Waals surface area (Å²) in [6.07, 6.45) is 2.88. The maximum absolute atomic E-state index is 11.8. The van der Waals surface area contributed by atoms with E-state index in [1.54, 1.807) is 7.11 Å². The van der Waals surface area contributed by atoms with Crippen LogP contribution in [0.2, 0.25) is 0 Å². The van der Waals surface area contributed by atoms with Gasteiger partial charge in [-0.25, -0.2) is 0 Å². The normalized spacial score (nSPS) is 22.0. The van der Waals surface area contributed by atoms with Gasteiger partial charge in [-0.3, -0.25) is 4.79 Å². The zero-order valence-electron chi connectivity index (χ0n) is 9.45. The highest BCUT2D eigenvalue weighted by molar-refractivity contribution is 5.77. The van der Waals surface area contributed by atoms with Gasteiger partial charge in [0.05, 0.1) is 12.6 Å². The molecule has 0 N–H and O–H groups in total. The van der Waals surface area contributed by atoms with Crippen molar-refractivity contribution in [1.29, 1.82) is 0 Å². The molecular formula is C11H21NO2. The number of likely N-dealkylation sites (tertiary alicyclic amines) is 1. The minimum atomic E-state index is 0.291. The van der Waals surface area contributed by atoms with Gasteiger partial charge in [0, 0.05) is 20.1 Å². The van der Waals surface area contributed by atoms with Crippen molar-refractivity contribution in [3.05, 3.63) is 0 Å². The van der Waals surface area contributed by atoms with Gasteiger partial charge in [0.25, 0.3) is 0 Å². The molecule has 0 aromatic heterocycles. The first-order chi connectivity index (χ1) is 6.65. The van der Waals surface area contributed by atoms with Crippen molar-refractivity contribution in [3.8, 4) is 0 Å². The Morgan fingerprint density at radius 3 is 2.86 bits per heavy atom. The number of hydrogen-bond acceptors (Lipinski definition) is 2. The number of methoxy groups -OCH3 is 1. The van der Waals surface area contributed by atoms with Crippen LogP contribution in [0.3, 0.4) is 0 Å². The predicted molar refractivity (Wildman–Crippen MR) is 56.1 cm³/mol. The summed E-state index contributed by atoms with van der Waals surface area (Å²) in [5.41, 5.74) is 0. The van der Waals surface area contributed by atoms with E-state index in [2.05, 4.69) is 13.8 Å². The Hall–Kier alpha value is -0.570. The summed E-state index contributed by atoms with van der Waals surface area (Å²) in [5.74, 6) is 0.742. The average Bonchev–Trinajstić information content (AvgIpc) is 2.51. The fourth-order valence-electron chi connectivity index (χ4n) is 2.00. The molecule has 0 aromatic carbocycles. The fourth-order valence-corrected chi connectivity index (χ4v) is 2.00. The lowest BCUT2D eigenvalue weighted by Gasteiger charge is -2.24. The van der Waals surface area contributed by atoms with Crippen molar-refractivity contribution in [2.45, 2.75) is 39.2 Å². The SMILES string of the molecule is COCC1CCCN1C(=O)CC(C)C. The van der Waals surface area contributed by atoms with E-state index in [4.69, 9.17) is 4.74 Å². The Labute approximate surface area is 86.4 Å². The molecule has 1 heterocycles. The highest BCUT2D eigenvalue weighted by Gasteiger charge is 2.28. The summed E-state index contributed by atoms with van der Waals surface area (Å²) < 4.78 is 5.12. The number of rotatable bonds is 4. The Kier molecular flexibility index (Phi) is 4.39. The van der Waals surface area contributed by atoms with Crippen molar-refractivity contribution < 1.29 is 9.53 Å². The van der Waals surface area contributed by atoms with Gasteiger partial charge in [-0.1, -0.05) is 13.8 Å². The fraction of sp³-hybridized carbons (Fsp3) is 0.909. The van der Waals surface area contributed by atoms with E-state index >= 15 is 0 Å². The van der Waals surface area contributed by atoms with Crippen LogP contribution in [0.15, 0.2) is 0 Å². The second-order valence-electron chi connectivity index (χ2n) is 4.44. The molecule has 0 bridgehead atoms. The molecule has 0 aromatic rings. The monoisotopic (exact) mass is 199 g/mol. The lowest BCUT2D eigenvalue weighted by atomic mass is 10.1. The predicted octanol–water partition coefficient (Wildman–Crippen LogP) is 1.67. The van der Waals surface area contributed by atoms with Gasteiger partial charge in [-0.15, -0.1) is 0 Å². The van der Waals surface area contributed by atoms with E-state index in [-0.39, 0.29) is 0 Å². The number of nitrogens with zero attached hydrogens (tertiary/aromatic N) is 1. The Bertz CT molecular complexity index is 192. The van der Waals surface area contributed by atoms with Crippen LogP contribution in [0.1, 0.15) is 33.1 Å². The van der Waals surface area contributed by atoms with E-state index in [1.165, 1.54) is 0 Å². The van der Waals surface area contributed by atoms with E-state index in [0.29, 0.717) is 30.9 Å². The van der Waals surface area contributed by atoms with E-state index < -0.39 is 0 Å². The maximum atomic E-state index is 11.8. The van der Waals surface area contributed by atoms with E-state index in [0.717, 1.165) is 19.4 Å². The molecule has 1 unspecified atom stereocenters. The molecule has 0 saturated carbocycles. The summed E-state index contributed by atoms with van der Waals surface area (Å²) in [5, 5.41) is 0. The van der Waals surface area contributed by atoms with Gasteiger partial charge in [-0.05, 0) is 18.8 Å². The first-order valence-electron chi connectivity index (χ1n) is 5.43. The summed E-state index contributed by atoms with van der Waals surface area (Å²) in [6.45, 7) is 5.77. The number of carbonyl (C=O) groups is 1. The van der Waals surface area contributed by atoms with Gasteiger partial charge in [0.2, 0.25) is 5.91 Å². The summed E-state index contributed by atoms with van der Waals surface area (Å²) in [7, 11) is 1.70. The number of amides is 1. The smallest absolute Gasteiger partial charge is 0.223 e. The van der Waals surface area contributed by atoms with Gasteiger partial charge in [0.15, 0.2) is 0 Å². The molecule has 0 spiro atoms. The minimum Gasteiger partial charge on any atom is -0.383 e. The largest absolute Gasteiger partial charge is 0.383 e. The third-order valence-electron chi connectivity index (χ3n) is 2.64. The number of ether oxygens (including phenoxy) is 1. The molecule has 1 rings (SSSR count). The lowest BCUT2D eigenvalue weighted by molar-refractivity contribution is -0.133. The average molecular weight is 199 g/mol. The van der Waals surface area contributed by atoms with Gasteiger partial charge in [-0.2, -0.15) is 0 Å². The number of carbonyl (C=O) groups excluding carboxylic acids is 1. The van der Waals surface area contributed by atoms with Crippen LogP contribution in [0, 0.1) is 5.92 Å². The Morgan fingerprint density at radius 1 is 1.57 bits per heavy atom. The second kappa shape index (κ2) is 5.35. The first-order valence-corrected chi connectivity index (χ1v) is 5.43. The molecule has 0 aliphatic carbocycles. The van der Waals surface area contributed by atoms with Crippen LogP contribution >= 0.6 is 0 Å². The maximum Gasteiger partial charge on any atom is 0.223 e. The highest BCUT2D eigenvalue weighted by atomic mass is 16.5. The van der Waals surface area contributed by atoms with Crippen LogP contribution in [-0.4, -0.2) is 37.1 Å². The van der Waals surface area contributed by atoms with E-state index in [9.17, 15) is 4.79 Å². The molecular weight excluding hydrogens is 178 g/mol. The van der Waals surface area contributed by atoms with Gasteiger partial charge >= 0.3 is 0 Å². The van der Waals surface area contributed by atoms with Crippen molar-refractivity contribution in [1.82, 2.24) is 4.90 Å². The summed E-state index contributed by atoms with van der Waals surface area (Å²) >= 11 is 0. The standard InChI is InChI=1S/C11H21NO2/c1-9(2)7-11(13)12-6-4-5-10(12)8-14-3/h9-10H,4-8H2,1-3H3.